The third-order valence-corrected chi connectivity index (χ3v) is 7.13. The quantitative estimate of drug-likeness (QED) is 0.530. The van der Waals surface area contributed by atoms with Crippen LogP contribution >= 0.6 is 0 Å². The minimum Gasteiger partial charge on any atom is -0.493 e. The van der Waals surface area contributed by atoms with Crippen molar-refractivity contribution in [3.05, 3.63) is 64.7 Å². The molecule has 0 N–H and O–H groups in total. The van der Waals surface area contributed by atoms with Crippen LogP contribution in [0.3, 0.4) is 0 Å². The van der Waals surface area contributed by atoms with Crippen molar-refractivity contribution in [3.8, 4) is 11.5 Å². The molecule has 5 rings (SSSR count). The van der Waals surface area contributed by atoms with Crippen LogP contribution < -0.4 is 9.47 Å². The molecule has 8 heteroatoms. The van der Waals surface area contributed by atoms with Crippen molar-refractivity contribution in [1.82, 2.24) is 9.80 Å². The van der Waals surface area contributed by atoms with Crippen molar-refractivity contribution < 1.29 is 28.6 Å². The number of hydrogen-bond donors (Lipinski definition) is 0. The van der Waals surface area contributed by atoms with Crippen LogP contribution in [-0.2, 0) is 11.3 Å². The predicted molar refractivity (Wildman–Crippen MR) is 138 cm³/mol. The Kier molecular flexibility index (Phi) is 6.22. The van der Waals surface area contributed by atoms with Gasteiger partial charge < -0.3 is 14.2 Å². The number of ether oxygens (including phenoxy) is 3. The highest BCUT2D eigenvalue weighted by Crippen LogP contribution is 2.42. The third-order valence-electron chi connectivity index (χ3n) is 7.13. The van der Waals surface area contributed by atoms with Gasteiger partial charge in [-0.3, -0.25) is 19.4 Å². The molecule has 1 saturated heterocycles. The molecule has 37 heavy (non-hydrogen) atoms. The second-order valence-electron chi connectivity index (χ2n) is 10.7. The average Bonchev–Trinajstić information content (AvgIpc) is 3.27. The standard InChI is InChI=1S/C29H32N2O6/c1-29(2,3)37-28(34)31-19-10-11-20(31)15-18(14-19)21-7-6-8-22-25(21)27(33)30(26(22)32)16-17-9-12-23(35-4)24(13-17)36-5/h6-9,12-14,19-20H,10-11,15-16H2,1-5H3. The SMILES string of the molecule is COc1ccc(CN2C(=O)c3cccc(C4=CC5CCC(C4)N5C(=O)OC(C)(C)C)c3C2=O)cc1OC. The summed E-state index contributed by atoms with van der Waals surface area (Å²) in [5, 5.41) is 0. The normalized spacial score (nSPS) is 20.6. The fraction of sp³-hybridized carbons (Fsp3) is 0.414. The van der Waals surface area contributed by atoms with E-state index in [1.807, 2.05) is 43.9 Å². The molecular formula is C29H32N2O6. The first kappa shape index (κ1) is 24.9. The van der Waals surface area contributed by atoms with Gasteiger partial charge in [-0.15, -0.1) is 0 Å². The van der Waals surface area contributed by atoms with Gasteiger partial charge in [0, 0.05) is 6.04 Å². The molecule has 2 unspecified atom stereocenters. The summed E-state index contributed by atoms with van der Waals surface area (Å²) in [6, 6.07) is 10.7. The van der Waals surface area contributed by atoms with Crippen LogP contribution in [0, 0.1) is 0 Å². The summed E-state index contributed by atoms with van der Waals surface area (Å²) >= 11 is 0. The van der Waals surface area contributed by atoms with Gasteiger partial charge in [-0.1, -0.05) is 24.3 Å². The molecule has 2 aromatic rings. The van der Waals surface area contributed by atoms with E-state index in [1.54, 1.807) is 32.4 Å². The van der Waals surface area contributed by atoms with Crippen LogP contribution in [0.15, 0.2) is 42.5 Å². The van der Waals surface area contributed by atoms with Gasteiger partial charge in [-0.25, -0.2) is 4.79 Å². The molecule has 3 heterocycles. The second kappa shape index (κ2) is 9.25. The van der Waals surface area contributed by atoms with Gasteiger partial charge in [-0.2, -0.15) is 0 Å². The number of fused-ring (bicyclic) bond motifs is 3. The zero-order valence-corrected chi connectivity index (χ0v) is 21.9. The lowest BCUT2D eigenvalue weighted by atomic mass is 9.90. The monoisotopic (exact) mass is 504 g/mol. The van der Waals surface area contributed by atoms with Crippen LogP contribution in [0.4, 0.5) is 4.79 Å². The lowest BCUT2D eigenvalue weighted by Crippen LogP contribution is -2.45. The first-order valence-corrected chi connectivity index (χ1v) is 12.5. The Morgan fingerprint density at radius 2 is 1.70 bits per heavy atom. The van der Waals surface area contributed by atoms with Gasteiger partial charge in [0.2, 0.25) is 0 Å². The van der Waals surface area contributed by atoms with Crippen LogP contribution in [0.25, 0.3) is 5.57 Å². The van der Waals surface area contributed by atoms with Crippen molar-refractivity contribution in [3.63, 3.8) is 0 Å². The van der Waals surface area contributed by atoms with Crippen LogP contribution in [0.5, 0.6) is 11.5 Å². The molecule has 3 aliphatic heterocycles. The third kappa shape index (κ3) is 4.45. The number of carbonyl (C=O) groups excluding carboxylic acids is 3. The molecule has 0 aromatic heterocycles. The van der Waals surface area contributed by atoms with Crippen molar-refractivity contribution in [1.29, 1.82) is 0 Å². The van der Waals surface area contributed by atoms with E-state index in [-0.39, 0.29) is 36.5 Å². The Bertz CT molecular complexity index is 1310. The number of benzene rings is 2. The Balaban J connectivity index is 1.42. The topological polar surface area (TPSA) is 85.4 Å². The maximum atomic E-state index is 13.6. The van der Waals surface area contributed by atoms with E-state index in [0.717, 1.165) is 29.5 Å². The maximum Gasteiger partial charge on any atom is 0.411 e. The van der Waals surface area contributed by atoms with Crippen LogP contribution in [0.2, 0.25) is 0 Å². The van der Waals surface area contributed by atoms with E-state index in [2.05, 4.69) is 6.08 Å². The Morgan fingerprint density at radius 3 is 2.38 bits per heavy atom. The molecule has 0 radical (unpaired) electrons. The molecular weight excluding hydrogens is 472 g/mol. The van der Waals surface area contributed by atoms with E-state index >= 15 is 0 Å². The lowest BCUT2D eigenvalue weighted by molar-refractivity contribution is 0.0174. The highest BCUT2D eigenvalue weighted by molar-refractivity contribution is 6.23. The van der Waals surface area contributed by atoms with Crippen molar-refractivity contribution in [2.45, 2.75) is 64.3 Å². The number of rotatable bonds is 5. The van der Waals surface area contributed by atoms with Crippen molar-refractivity contribution >= 4 is 23.5 Å². The molecule has 194 valence electrons. The van der Waals surface area contributed by atoms with Gasteiger partial charge in [-0.05, 0) is 74.9 Å². The Morgan fingerprint density at radius 1 is 0.973 bits per heavy atom. The molecule has 8 nitrogen and oxygen atoms in total. The minimum absolute atomic E-state index is 0.00535. The molecule has 1 fully saturated rings. The maximum absolute atomic E-state index is 13.6. The fourth-order valence-corrected chi connectivity index (χ4v) is 5.54. The number of nitrogens with zero attached hydrogens (tertiary/aromatic N) is 2. The van der Waals surface area contributed by atoms with Crippen molar-refractivity contribution in [2.24, 2.45) is 0 Å². The van der Waals surface area contributed by atoms with Gasteiger partial charge in [0.15, 0.2) is 11.5 Å². The molecule has 3 aliphatic rings. The van der Waals surface area contributed by atoms with E-state index in [0.29, 0.717) is 29.0 Å². The summed E-state index contributed by atoms with van der Waals surface area (Å²) in [4.78, 5) is 42.9. The summed E-state index contributed by atoms with van der Waals surface area (Å²) in [6.07, 6.45) is 4.10. The van der Waals surface area contributed by atoms with Crippen LogP contribution in [-0.4, -0.2) is 59.6 Å². The minimum atomic E-state index is -0.565. The number of amides is 3. The number of methoxy groups -OCH3 is 2. The fourth-order valence-electron chi connectivity index (χ4n) is 5.54. The van der Waals surface area contributed by atoms with Crippen molar-refractivity contribution in [2.75, 3.05) is 14.2 Å². The van der Waals surface area contributed by atoms with E-state index in [9.17, 15) is 14.4 Å². The summed E-state index contributed by atoms with van der Waals surface area (Å²) in [6.45, 7) is 5.72. The molecule has 2 bridgehead atoms. The average molecular weight is 505 g/mol. The number of carbonyl (C=O) groups is 3. The molecule has 0 aliphatic carbocycles. The summed E-state index contributed by atoms with van der Waals surface area (Å²) < 4.78 is 16.3. The second-order valence-corrected chi connectivity index (χ2v) is 10.7. The zero-order chi connectivity index (χ0) is 26.5. The van der Waals surface area contributed by atoms with E-state index in [4.69, 9.17) is 14.2 Å². The van der Waals surface area contributed by atoms with Crippen LogP contribution in [0.1, 0.15) is 71.9 Å². The predicted octanol–water partition coefficient (Wildman–Crippen LogP) is 5.06. The molecule has 0 spiro atoms. The van der Waals surface area contributed by atoms with Gasteiger partial charge in [0.1, 0.15) is 5.60 Å². The molecule has 2 aromatic carbocycles. The van der Waals surface area contributed by atoms with Gasteiger partial charge >= 0.3 is 6.09 Å². The highest BCUT2D eigenvalue weighted by atomic mass is 16.6. The first-order valence-electron chi connectivity index (χ1n) is 12.5. The molecule has 3 amide bonds. The molecule has 2 atom stereocenters. The van der Waals surface area contributed by atoms with E-state index in [1.165, 1.54) is 4.90 Å². The lowest BCUT2D eigenvalue weighted by Gasteiger charge is -2.35. The molecule has 0 saturated carbocycles. The first-order chi connectivity index (χ1) is 17.6. The van der Waals surface area contributed by atoms with Gasteiger partial charge in [0.25, 0.3) is 11.8 Å². The zero-order valence-electron chi connectivity index (χ0n) is 21.9. The summed E-state index contributed by atoms with van der Waals surface area (Å²) in [5.41, 5.74) is 2.81. The van der Waals surface area contributed by atoms with E-state index < -0.39 is 5.60 Å². The number of hydrogen-bond acceptors (Lipinski definition) is 6. The summed E-state index contributed by atoms with van der Waals surface area (Å²) in [7, 11) is 3.10. The number of imide groups is 1. The Labute approximate surface area is 216 Å². The smallest absolute Gasteiger partial charge is 0.411 e. The largest absolute Gasteiger partial charge is 0.493 e. The highest BCUT2D eigenvalue weighted by Gasteiger charge is 2.44. The van der Waals surface area contributed by atoms with Gasteiger partial charge in [0.05, 0.1) is 37.9 Å². The Hall–Kier alpha value is -3.81. The summed E-state index contributed by atoms with van der Waals surface area (Å²) in [5.74, 6) is 0.490.